The molecule has 0 saturated heterocycles. The Kier molecular flexibility index (Phi) is 6.31. The van der Waals surface area contributed by atoms with E-state index in [1.807, 2.05) is 13.8 Å². The quantitative estimate of drug-likeness (QED) is 0.208. The maximum atomic E-state index is 11.1. The molecule has 76 valence electrons. The molecule has 0 aromatic heterocycles. The predicted octanol–water partition coefficient (Wildman–Crippen LogP) is 0.642. The molecular weight excluding hydrogens is 184 g/mol. The van der Waals surface area contributed by atoms with E-state index in [1.54, 1.807) is 0 Å². The fourth-order valence-corrected chi connectivity index (χ4v) is 1.01. The predicted molar refractivity (Wildman–Crippen MR) is 55.7 cm³/mol. The molecular formula is C9H18O3Si. The highest BCUT2D eigenvalue weighted by molar-refractivity contribution is 6.08. The second-order valence-electron chi connectivity index (χ2n) is 3.08. The third kappa shape index (κ3) is 6.39. The second kappa shape index (κ2) is 6.71. The first-order chi connectivity index (χ1) is 6.07. The van der Waals surface area contributed by atoms with Crippen LogP contribution in [0.25, 0.3) is 0 Å². The summed E-state index contributed by atoms with van der Waals surface area (Å²) in [6.07, 6.45) is 0.908. The van der Waals surface area contributed by atoms with Crippen molar-refractivity contribution in [1.82, 2.24) is 0 Å². The lowest BCUT2D eigenvalue weighted by atomic mass is 10.4. The van der Waals surface area contributed by atoms with Gasteiger partial charge in [-0.1, -0.05) is 6.04 Å². The third-order valence-electron chi connectivity index (χ3n) is 1.34. The van der Waals surface area contributed by atoms with Gasteiger partial charge in [0.15, 0.2) is 5.76 Å². The molecule has 0 aliphatic heterocycles. The monoisotopic (exact) mass is 202 g/mol. The molecule has 13 heavy (non-hydrogen) atoms. The largest absolute Gasteiger partial charge is 0.484 e. The van der Waals surface area contributed by atoms with E-state index in [-0.39, 0.29) is 11.9 Å². The summed E-state index contributed by atoms with van der Waals surface area (Å²) in [5, 5.41) is 0. The van der Waals surface area contributed by atoms with Crippen LogP contribution in [0.4, 0.5) is 0 Å². The highest BCUT2D eigenvalue weighted by Crippen LogP contribution is 2.02. The van der Waals surface area contributed by atoms with Gasteiger partial charge in [0.05, 0.1) is 12.7 Å². The van der Waals surface area contributed by atoms with Crippen molar-refractivity contribution in [1.29, 1.82) is 0 Å². The molecule has 0 aromatic carbocycles. The number of esters is 1. The van der Waals surface area contributed by atoms with E-state index in [0.29, 0.717) is 6.61 Å². The SMILES string of the molecule is C=C(OC(C)C)C(=O)OCCC[SiH3]. The average molecular weight is 202 g/mol. The molecule has 3 nitrogen and oxygen atoms in total. The Morgan fingerprint density at radius 3 is 2.62 bits per heavy atom. The number of hydrogen-bond acceptors (Lipinski definition) is 3. The zero-order valence-corrected chi connectivity index (χ0v) is 10.6. The van der Waals surface area contributed by atoms with Crippen molar-refractivity contribution >= 4 is 16.2 Å². The molecule has 0 aliphatic rings. The molecule has 0 spiro atoms. The Bertz CT molecular complexity index is 178. The first-order valence-corrected chi connectivity index (χ1v) is 6.02. The van der Waals surface area contributed by atoms with Crippen LogP contribution in [0.5, 0.6) is 0 Å². The lowest BCUT2D eigenvalue weighted by Crippen LogP contribution is -2.13. The zero-order chi connectivity index (χ0) is 10.3. The van der Waals surface area contributed by atoms with Gasteiger partial charge in [-0.25, -0.2) is 4.79 Å². The zero-order valence-electron chi connectivity index (χ0n) is 8.63. The normalized spacial score (nSPS) is 10.1. The fourth-order valence-electron chi connectivity index (χ4n) is 0.722. The molecule has 0 heterocycles. The Labute approximate surface area is 82.5 Å². The minimum Gasteiger partial charge on any atom is -0.484 e. The summed E-state index contributed by atoms with van der Waals surface area (Å²) >= 11 is 0. The number of rotatable bonds is 6. The molecule has 0 unspecified atom stereocenters. The van der Waals surface area contributed by atoms with Crippen LogP contribution in [-0.4, -0.2) is 28.9 Å². The summed E-state index contributed by atoms with van der Waals surface area (Å²) in [6.45, 7) is 7.65. The molecule has 0 bridgehead atoms. The van der Waals surface area contributed by atoms with Crippen molar-refractivity contribution in [2.45, 2.75) is 32.4 Å². The molecule has 0 saturated carbocycles. The van der Waals surface area contributed by atoms with E-state index in [9.17, 15) is 4.79 Å². The first kappa shape index (κ1) is 12.2. The summed E-state index contributed by atoms with van der Waals surface area (Å²) in [5.74, 6) is -0.341. The Hall–Kier alpha value is -0.773. The standard InChI is InChI=1S/C9H18O3Si/c1-7(2)12-8(3)9(10)11-5-4-6-13/h7H,3-6H2,1-2,13H3. The van der Waals surface area contributed by atoms with Gasteiger partial charge in [-0.2, -0.15) is 0 Å². The molecule has 0 fully saturated rings. The van der Waals surface area contributed by atoms with Gasteiger partial charge in [-0.3, -0.25) is 0 Å². The molecule has 0 amide bonds. The van der Waals surface area contributed by atoms with E-state index in [4.69, 9.17) is 9.47 Å². The van der Waals surface area contributed by atoms with Crippen LogP contribution in [0.2, 0.25) is 6.04 Å². The van der Waals surface area contributed by atoms with E-state index < -0.39 is 5.97 Å². The van der Waals surface area contributed by atoms with E-state index in [1.165, 1.54) is 0 Å². The average Bonchev–Trinajstić information content (AvgIpc) is 2.03. The van der Waals surface area contributed by atoms with E-state index in [0.717, 1.165) is 22.7 Å². The number of ether oxygens (including phenoxy) is 2. The van der Waals surface area contributed by atoms with Gasteiger partial charge >= 0.3 is 5.97 Å². The van der Waals surface area contributed by atoms with Crippen LogP contribution in [-0.2, 0) is 14.3 Å². The first-order valence-electron chi connectivity index (χ1n) is 4.60. The van der Waals surface area contributed by atoms with Gasteiger partial charge < -0.3 is 9.47 Å². The topological polar surface area (TPSA) is 35.5 Å². The minimum atomic E-state index is -0.441. The fraction of sp³-hybridized carbons (Fsp3) is 0.667. The van der Waals surface area contributed by atoms with Gasteiger partial charge in [0.2, 0.25) is 0 Å². The summed E-state index contributed by atoms with van der Waals surface area (Å²) in [4.78, 5) is 11.1. The van der Waals surface area contributed by atoms with Crippen molar-refractivity contribution < 1.29 is 14.3 Å². The van der Waals surface area contributed by atoms with Gasteiger partial charge in [0, 0.05) is 10.2 Å². The second-order valence-corrected chi connectivity index (χ2v) is 4.08. The molecule has 0 aromatic rings. The minimum absolute atomic E-state index is 0.0290. The maximum Gasteiger partial charge on any atom is 0.372 e. The van der Waals surface area contributed by atoms with Crippen molar-refractivity contribution in [3.8, 4) is 0 Å². The molecule has 0 aliphatic carbocycles. The third-order valence-corrected chi connectivity index (χ3v) is 2.04. The van der Waals surface area contributed by atoms with Crippen molar-refractivity contribution in [2.75, 3.05) is 6.61 Å². The number of carbonyl (C=O) groups is 1. The summed E-state index contributed by atoms with van der Waals surface area (Å²) < 4.78 is 9.99. The van der Waals surface area contributed by atoms with E-state index in [2.05, 4.69) is 6.58 Å². The molecule has 0 radical (unpaired) electrons. The van der Waals surface area contributed by atoms with Gasteiger partial charge in [0.1, 0.15) is 0 Å². The Balaban J connectivity index is 3.64. The lowest BCUT2D eigenvalue weighted by molar-refractivity contribution is -0.143. The maximum absolute atomic E-state index is 11.1. The molecule has 4 heteroatoms. The van der Waals surface area contributed by atoms with Crippen molar-refractivity contribution in [2.24, 2.45) is 0 Å². The van der Waals surface area contributed by atoms with Crippen LogP contribution < -0.4 is 0 Å². The lowest BCUT2D eigenvalue weighted by Gasteiger charge is -2.11. The van der Waals surface area contributed by atoms with Crippen molar-refractivity contribution in [3.05, 3.63) is 12.3 Å². The van der Waals surface area contributed by atoms with Crippen LogP contribution in [0.3, 0.4) is 0 Å². The van der Waals surface area contributed by atoms with Crippen LogP contribution in [0.15, 0.2) is 12.3 Å². The van der Waals surface area contributed by atoms with Crippen LogP contribution >= 0.6 is 0 Å². The Morgan fingerprint density at radius 2 is 2.15 bits per heavy atom. The highest BCUT2D eigenvalue weighted by Gasteiger charge is 2.10. The number of hydrogen-bond donors (Lipinski definition) is 0. The Morgan fingerprint density at radius 1 is 1.54 bits per heavy atom. The van der Waals surface area contributed by atoms with Crippen molar-refractivity contribution in [3.63, 3.8) is 0 Å². The summed E-state index contributed by atoms with van der Waals surface area (Å²) in [7, 11) is 1.15. The van der Waals surface area contributed by atoms with Crippen LogP contribution in [0, 0.1) is 0 Å². The van der Waals surface area contributed by atoms with Gasteiger partial charge in [0.25, 0.3) is 0 Å². The summed E-state index contributed by atoms with van der Waals surface area (Å²) in [6, 6.07) is 1.14. The molecule has 0 atom stereocenters. The highest BCUT2D eigenvalue weighted by atomic mass is 28.1. The van der Waals surface area contributed by atoms with Crippen LogP contribution in [0.1, 0.15) is 20.3 Å². The molecule has 0 N–H and O–H groups in total. The van der Waals surface area contributed by atoms with Gasteiger partial charge in [-0.15, -0.1) is 0 Å². The number of carbonyl (C=O) groups excluding carboxylic acids is 1. The van der Waals surface area contributed by atoms with E-state index >= 15 is 0 Å². The molecule has 0 rings (SSSR count). The van der Waals surface area contributed by atoms with Gasteiger partial charge in [-0.05, 0) is 26.8 Å². The smallest absolute Gasteiger partial charge is 0.372 e. The summed E-state index contributed by atoms with van der Waals surface area (Å²) in [5.41, 5.74) is 0.